The van der Waals surface area contributed by atoms with Gasteiger partial charge in [0.2, 0.25) is 5.78 Å². The van der Waals surface area contributed by atoms with Gasteiger partial charge >= 0.3 is 0 Å². The highest BCUT2D eigenvalue weighted by atomic mass is 16.5. The Hall–Kier alpha value is -2.59. The molecule has 1 aliphatic rings. The van der Waals surface area contributed by atoms with Gasteiger partial charge in [0.05, 0.1) is 18.7 Å². The number of quaternary nitrogens is 1. The van der Waals surface area contributed by atoms with Crippen LogP contribution in [0.3, 0.4) is 0 Å². The number of rotatable bonds is 7. The summed E-state index contributed by atoms with van der Waals surface area (Å²) in [7, 11) is 0. The number of allylic oxidation sites excluding steroid dienone is 1. The number of nitrogens with one attached hydrogen (secondary N) is 1. The van der Waals surface area contributed by atoms with E-state index in [9.17, 15) is 9.90 Å². The summed E-state index contributed by atoms with van der Waals surface area (Å²) in [5, 5.41) is 12.5. The van der Waals surface area contributed by atoms with E-state index in [0.29, 0.717) is 23.4 Å². The van der Waals surface area contributed by atoms with E-state index in [1.54, 1.807) is 12.1 Å². The Morgan fingerprint density at radius 3 is 2.52 bits per heavy atom. The first-order chi connectivity index (χ1) is 13.0. The summed E-state index contributed by atoms with van der Waals surface area (Å²) in [4.78, 5) is 14.1. The Bertz CT molecular complexity index is 864. The number of carbonyl (C=O) groups excluding carboxylic acids is 1. The summed E-state index contributed by atoms with van der Waals surface area (Å²) in [6.07, 6.45) is 3.86. The molecule has 0 saturated carbocycles. The number of ketones is 1. The zero-order valence-electron chi connectivity index (χ0n) is 16.3. The molecule has 2 aromatic carbocycles. The van der Waals surface area contributed by atoms with Crippen LogP contribution in [0.1, 0.15) is 53.7 Å². The molecular weight excluding hydrogens is 338 g/mol. The largest absolute Gasteiger partial charge is 0.872 e. The molecule has 0 unspecified atom stereocenters. The van der Waals surface area contributed by atoms with Gasteiger partial charge in [0.25, 0.3) is 0 Å². The Morgan fingerprint density at radius 1 is 1.11 bits per heavy atom. The third-order valence-electron chi connectivity index (χ3n) is 4.87. The number of ether oxygens (including phenoxy) is 1. The zero-order chi connectivity index (χ0) is 19.4. The predicted molar refractivity (Wildman–Crippen MR) is 105 cm³/mol. The molecular formula is C23H27NO3. The van der Waals surface area contributed by atoms with Crippen LogP contribution in [0.5, 0.6) is 11.5 Å². The van der Waals surface area contributed by atoms with E-state index in [-0.39, 0.29) is 17.3 Å². The molecule has 4 heteroatoms. The maximum Gasteiger partial charge on any atom is 0.231 e. The van der Waals surface area contributed by atoms with E-state index >= 15 is 0 Å². The summed E-state index contributed by atoms with van der Waals surface area (Å²) in [6, 6.07) is 11.0. The number of Topliss-reactive ketones (excluding diaryl/α,β-unsaturated/α-hetero) is 1. The van der Waals surface area contributed by atoms with Crippen molar-refractivity contribution in [2.45, 2.75) is 40.2 Å². The van der Waals surface area contributed by atoms with E-state index < -0.39 is 0 Å². The Balaban J connectivity index is 1.93. The van der Waals surface area contributed by atoms with Crippen molar-refractivity contribution in [3.05, 3.63) is 64.4 Å². The van der Waals surface area contributed by atoms with Gasteiger partial charge in [0.1, 0.15) is 12.3 Å². The molecule has 0 aliphatic carbocycles. The SMILES string of the molecule is CCC[NH+](CCC)Cc1c([O-])ccc2c1O/C(=C\c1cccc(C)c1)C2=O. The number of fused-ring (bicyclic) bond motifs is 1. The second-order valence-electron chi connectivity index (χ2n) is 7.20. The fourth-order valence-corrected chi connectivity index (χ4v) is 3.63. The number of benzene rings is 2. The van der Waals surface area contributed by atoms with E-state index in [0.717, 1.165) is 37.1 Å². The smallest absolute Gasteiger partial charge is 0.231 e. The van der Waals surface area contributed by atoms with Crippen molar-refractivity contribution in [1.82, 2.24) is 0 Å². The van der Waals surface area contributed by atoms with Crippen molar-refractivity contribution in [1.29, 1.82) is 0 Å². The first-order valence-corrected chi connectivity index (χ1v) is 9.70. The molecule has 0 fully saturated rings. The quantitative estimate of drug-likeness (QED) is 0.768. The lowest BCUT2D eigenvalue weighted by Crippen LogP contribution is -3.10. The monoisotopic (exact) mass is 365 g/mol. The third kappa shape index (κ3) is 4.22. The van der Waals surface area contributed by atoms with Crippen molar-refractivity contribution < 1.29 is 19.5 Å². The fourth-order valence-electron chi connectivity index (χ4n) is 3.63. The summed E-state index contributed by atoms with van der Waals surface area (Å²) in [5.41, 5.74) is 3.15. The highest BCUT2D eigenvalue weighted by Crippen LogP contribution is 2.38. The molecule has 1 aliphatic heterocycles. The van der Waals surface area contributed by atoms with Gasteiger partial charge in [-0.2, -0.15) is 0 Å². The molecule has 0 atom stereocenters. The van der Waals surface area contributed by atoms with Crippen LogP contribution in [0.25, 0.3) is 6.08 Å². The van der Waals surface area contributed by atoms with Crippen LogP contribution < -0.4 is 14.7 Å². The van der Waals surface area contributed by atoms with Gasteiger partial charge < -0.3 is 14.7 Å². The predicted octanol–water partition coefficient (Wildman–Crippen LogP) is 2.89. The first-order valence-electron chi connectivity index (χ1n) is 9.70. The number of aryl methyl sites for hydroxylation is 1. The zero-order valence-corrected chi connectivity index (χ0v) is 16.3. The molecule has 27 heavy (non-hydrogen) atoms. The van der Waals surface area contributed by atoms with Crippen molar-refractivity contribution >= 4 is 11.9 Å². The highest BCUT2D eigenvalue weighted by Gasteiger charge is 2.30. The number of hydrogen-bond acceptors (Lipinski definition) is 3. The lowest BCUT2D eigenvalue weighted by Gasteiger charge is -2.23. The van der Waals surface area contributed by atoms with Crippen LogP contribution >= 0.6 is 0 Å². The molecule has 1 heterocycles. The third-order valence-corrected chi connectivity index (χ3v) is 4.87. The molecule has 3 rings (SSSR count). The van der Waals surface area contributed by atoms with Crippen LogP contribution in [0, 0.1) is 6.92 Å². The summed E-state index contributed by atoms with van der Waals surface area (Å²) in [5.74, 6) is 0.537. The van der Waals surface area contributed by atoms with Gasteiger partial charge in [-0.05, 0) is 37.5 Å². The average molecular weight is 365 g/mol. The number of carbonyl (C=O) groups is 1. The van der Waals surface area contributed by atoms with Crippen molar-refractivity contribution in [2.24, 2.45) is 0 Å². The average Bonchev–Trinajstić information content (AvgIpc) is 2.94. The molecule has 0 aromatic heterocycles. The molecule has 0 spiro atoms. The van der Waals surface area contributed by atoms with Crippen LogP contribution in [0.2, 0.25) is 0 Å². The lowest BCUT2D eigenvalue weighted by atomic mass is 10.0. The van der Waals surface area contributed by atoms with Gasteiger partial charge in [-0.15, -0.1) is 0 Å². The summed E-state index contributed by atoms with van der Waals surface area (Å²) < 4.78 is 5.93. The Labute approximate surface area is 161 Å². The second-order valence-corrected chi connectivity index (χ2v) is 7.20. The normalized spacial score (nSPS) is 14.7. The molecule has 0 radical (unpaired) electrons. The van der Waals surface area contributed by atoms with E-state index in [2.05, 4.69) is 13.8 Å². The maximum atomic E-state index is 12.8. The van der Waals surface area contributed by atoms with Crippen LogP contribution in [0.4, 0.5) is 0 Å². The van der Waals surface area contributed by atoms with E-state index in [1.807, 2.05) is 31.2 Å². The molecule has 0 amide bonds. The van der Waals surface area contributed by atoms with Gasteiger partial charge in [-0.3, -0.25) is 4.79 Å². The first kappa shape index (κ1) is 19.2. The van der Waals surface area contributed by atoms with Gasteiger partial charge in [0, 0.05) is 5.56 Å². The minimum absolute atomic E-state index is 0.0527. The van der Waals surface area contributed by atoms with Crippen LogP contribution in [0.15, 0.2) is 42.2 Å². The van der Waals surface area contributed by atoms with Gasteiger partial charge in [-0.25, -0.2) is 0 Å². The molecule has 2 aromatic rings. The van der Waals surface area contributed by atoms with Crippen molar-refractivity contribution in [3.8, 4) is 11.5 Å². The standard InChI is InChI=1S/C23H27NO3/c1-4-11-24(12-5-2)15-19-20(25)10-9-18-22(26)21(27-23(18)19)14-17-8-6-7-16(3)13-17/h6-10,13-14,25H,4-5,11-12,15H2,1-3H3/b21-14-. The second kappa shape index (κ2) is 8.40. The van der Waals surface area contributed by atoms with Gasteiger partial charge in [0.15, 0.2) is 5.76 Å². The van der Waals surface area contributed by atoms with Crippen LogP contribution in [-0.4, -0.2) is 18.9 Å². The van der Waals surface area contributed by atoms with E-state index in [4.69, 9.17) is 4.74 Å². The summed E-state index contributed by atoms with van der Waals surface area (Å²) in [6.45, 7) is 8.88. The molecule has 4 nitrogen and oxygen atoms in total. The minimum Gasteiger partial charge on any atom is -0.872 e. The van der Waals surface area contributed by atoms with Crippen LogP contribution in [-0.2, 0) is 6.54 Å². The van der Waals surface area contributed by atoms with Crippen molar-refractivity contribution in [3.63, 3.8) is 0 Å². The molecule has 0 bridgehead atoms. The maximum absolute atomic E-state index is 12.8. The Kier molecular flexibility index (Phi) is 5.97. The number of hydrogen-bond donors (Lipinski definition) is 1. The Morgan fingerprint density at radius 2 is 1.85 bits per heavy atom. The minimum atomic E-state index is -0.153. The lowest BCUT2D eigenvalue weighted by molar-refractivity contribution is -0.914. The topological polar surface area (TPSA) is 53.8 Å². The van der Waals surface area contributed by atoms with Gasteiger partial charge in [-0.1, -0.05) is 55.5 Å². The molecule has 142 valence electrons. The van der Waals surface area contributed by atoms with E-state index in [1.165, 1.54) is 11.0 Å². The van der Waals surface area contributed by atoms with Crippen molar-refractivity contribution in [2.75, 3.05) is 13.1 Å². The highest BCUT2D eigenvalue weighted by molar-refractivity contribution is 6.14. The summed E-state index contributed by atoms with van der Waals surface area (Å²) >= 11 is 0. The fraction of sp³-hybridized carbons (Fsp3) is 0.348. The molecule has 1 N–H and O–H groups in total. The molecule has 0 saturated heterocycles.